The van der Waals surface area contributed by atoms with Crippen LogP contribution in [0.4, 0.5) is 11.5 Å². The lowest BCUT2D eigenvalue weighted by atomic mass is 10.2. The Bertz CT molecular complexity index is 1130. The van der Waals surface area contributed by atoms with Crippen LogP contribution in [0.25, 0.3) is 0 Å². The second kappa shape index (κ2) is 7.47. The highest BCUT2D eigenvalue weighted by Crippen LogP contribution is 2.22. The van der Waals surface area contributed by atoms with Gasteiger partial charge in [0.25, 0.3) is 0 Å². The van der Waals surface area contributed by atoms with E-state index in [-0.39, 0.29) is 4.90 Å². The van der Waals surface area contributed by atoms with Crippen molar-refractivity contribution in [2.75, 3.05) is 23.3 Å². The van der Waals surface area contributed by atoms with E-state index in [2.05, 4.69) is 25.2 Å². The predicted molar refractivity (Wildman–Crippen MR) is 112 cm³/mol. The predicted octanol–water partition coefficient (Wildman–Crippen LogP) is 0.906. The van der Waals surface area contributed by atoms with Crippen LogP contribution < -0.4 is 19.8 Å². The van der Waals surface area contributed by atoms with Crippen LogP contribution in [0.1, 0.15) is 19.5 Å². The fraction of sp³-hybridized carbons (Fsp3) is 0.263. The van der Waals surface area contributed by atoms with E-state index in [9.17, 15) is 8.42 Å². The van der Waals surface area contributed by atoms with Gasteiger partial charge in [-0.25, -0.2) is 18.0 Å². The molecular weight excluding hydrogens is 390 g/mol. The number of sulfonamides is 1. The van der Waals surface area contributed by atoms with Gasteiger partial charge >= 0.3 is 0 Å². The third-order valence-electron chi connectivity index (χ3n) is 4.63. The van der Waals surface area contributed by atoms with Crippen molar-refractivity contribution in [1.29, 1.82) is 0 Å². The fourth-order valence-electron chi connectivity index (χ4n) is 3.37. The monoisotopic (exact) mass is 414 g/mol. The van der Waals surface area contributed by atoms with Crippen molar-refractivity contribution in [2.24, 2.45) is 4.99 Å². The standard InChI is InChI=1S/C19H23N7O2S/c1-4-20-29(27,28)16-7-5-6-15(9-16)25-11-18-21-14(3)10-26(18)19(12-25)22-17-8-13(2)23-24-17/h5-10,12,20H,4,11H2,1-3H3,(H2,22,23,24)/p+1. The minimum Gasteiger partial charge on any atom is -0.329 e. The van der Waals surface area contributed by atoms with Crippen molar-refractivity contribution >= 4 is 27.4 Å². The highest BCUT2D eigenvalue weighted by atomic mass is 32.2. The summed E-state index contributed by atoms with van der Waals surface area (Å²) in [5.74, 6) is 2.50. The third-order valence-corrected chi connectivity index (χ3v) is 6.18. The van der Waals surface area contributed by atoms with E-state index in [0.717, 1.165) is 33.6 Å². The maximum atomic E-state index is 12.4. The molecule has 0 saturated carbocycles. The van der Waals surface area contributed by atoms with Crippen LogP contribution in [0, 0.1) is 6.92 Å². The number of fused-ring (bicyclic) bond motifs is 1. The first-order valence-electron chi connectivity index (χ1n) is 9.36. The minimum absolute atomic E-state index is 0.236. The van der Waals surface area contributed by atoms with E-state index in [1.54, 1.807) is 25.1 Å². The van der Waals surface area contributed by atoms with Crippen molar-refractivity contribution < 1.29 is 13.3 Å². The zero-order valence-corrected chi connectivity index (χ0v) is 17.3. The van der Waals surface area contributed by atoms with Gasteiger partial charge in [-0.2, -0.15) is 10.1 Å². The number of hydrogen-bond acceptors (Lipinski definition) is 6. The molecular formula is C19H24N7O2S+. The molecule has 152 valence electrons. The van der Waals surface area contributed by atoms with Crippen LogP contribution in [0.5, 0.6) is 0 Å². The van der Waals surface area contributed by atoms with Gasteiger partial charge in [0.05, 0.1) is 16.8 Å². The Kier molecular flexibility index (Phi) is 4.99. The lowest BCUT2D eigenvalue weighted by molar-refractivity contribution is -0.698. The van der Waals surface area contributed by atoms with Crippen LogP contribution in [-0.2, 0) is 10.0 Å². The Morgan fingerprint density at radius 1 is 1.28 bits per heavy atom. The smallest absolute Gasteiger partial charge is 0.240 e. The molecule has 0 aliphatic carbocycles. The zero-order valence-electron chi connectivity index (χ0n) is 16.5. The van der Waals surface area contributed by atoms with Crippen molar-refractivity contribution in [3.8, 4) is 0 Å². The number of H-pyrrole nitrogens is 1. The highest BCUT2D eigenvalue weighted by Gasteiger charge is 2.33. The molecule has 1 aromatic heterocycles. The van der Waals surface area contributed by atoms with E-state index in [1.807, 2.05) is 43.3 Å². The second-order valence-electron chi connectivity index (χ2n) is 6.99. The molecule has 4 N–H and O–H groups in total. The molecule has 0 spiro atoms. The van der Waals surface area contributed by atoms with Crippen LogP contribution in [-0.4, -0.2) is 37.5 Å². The van der Waals surface area contributed by atoms with Gasteiger partial charge < -0.3 is 4.90 Å². The highest BCUT2D eigenvalue weighted by molar-refractivity contribution is 7.89. The molecule has 1 atom stereocenters. The average Bonchev–Trinajstić information content (AvgIpc) is 3.26. The summed E-state index contributed by atoms with van der Waals surface area (Å²) in [6, 6.07) is 8.82. The number of anilines is 2. The summed E-state index contributed by atoms with van der Waals surface area (Å²) in [4.78, 5) is 7.89. The molecule has 0 fully saturated rings. The molecule has 2 aliphatic rings. The lowest BCUT2D eigenvalue weighted by Crippen LogP contribution is -3.10. The first-order valence-corrected chi connectivity index (χ1v) is 10.8. The van der Waals surface area contributed by atoms with Gasteiger partial charge in [-0.3, -0.25) is 10.4 Å². The van der Waals surface area contributed by atoms with Crippen LogP contribution in [0.2, 0.25) is 0 Å². The minimum atomic E-state index is -3.53. The third kappa shape index (κ3) is 3.95. The number of allylic oxidation sites excluding steroid dienone is 1. The Morgan fingerprint density at radius 3 is 2.83 bits per heavy atom. The van der Waals surface area contributed by atoms with Crippen LogP contribution in [0.3, 0.4) is 0 Å². The second-order valence-corrected chi connectivity index (χ2v) is 8.76. The molecule has 3 heterocycles. The molecule has 29 heavy (non-hydrogen) atoms. The molecule has 1 aromatic carbocycles. The molecule has 0 bridgehead atoms. The number of rotatable bonds is 6. The SMILES string of the molecule is CCNS(=O)(=O)c1cccc(N2C=C(Nc3cc(C)[nH]n3)[NH+]3C=C(C)N=C3C2)c1. The van der Waals surface area contributed by atoms with Crippen molar-refractivity contribution in [2.45, 2.75) is 25.7 Å². The molecule has 0 radical (unpaired) electrons. The molecule has 0 amide bonds. The number of quaternary nitrogens is 1. The van der Waals surface area contributed by atoms with Gasteiger partial charge in [0, 0.05) is 24.0 Å². The molecule has 4 rings (SSSR count). The van der Waals surface area contributed by atoms with Crippen LogP contribution in [0.15, 0.2) is 64.1 Å². The Balaban J connectivity index is 1.70. The number of aliphatic imine (C=N–C) groups is 1. The molecule has 10 heteroatoms. The van der Waals surface area contributed by atoms with Crippen molar-refractivity contribution in [3.63, 3.8) is 0 Å². The number of aromatic nitrogens is 2. The van der Waals surface area contributed by atoms with Crippen molar-refractivity contribution in [3.05, 3.63) is 59.9 Å². The molecule has 9 nitrogen and oxygen atoms in total. The van der Waals surface area contributed by atoms with Crippen LogP contribution >= 0.6 is 0 Å². The average molecular weight is 415 g/mol. The molecule has 2 aliphatic heterocycles. The number of nitrogens with one attached hydrogen (secondary N) is 4. The Morgan fingerprint density at radius 2 is 2.10 bits per heavy atom. The molecule has 1 unspecified atom stereocenters. The number of aryl methyl sites for hydroxylation is 1. The van der Waals surface area contributed by atoms with Gasteiger partial charge in [-0.05, 0) is 32.0 Å². The van der Waals surface area contributed by atoms with E-state index in [4.69, 9.17) is 0 Å². The summed E-state index contributed by atoms with van der Waals surface area (Å²) in [5.41, 5.74) is 2.66. The van der Waals surface area contributed by atoms with Crippen molar-refractivity contribution in [1.82, 2.24) is 14.9 Å². The number of aromatic amines is 1. The number of benzene rings is 1. The first kappa shape index (κ1) is 19.4. The normalized spacial score (nSPS) is 18.8. The van der Waals surface area contributed by atoms with Gasteiger partial charge in [0.2, 0.25) is 21.7 Å². The summed E-state index contributed by atoms with van der Waals surface area (Å²) in [7, 11) is -3.53. The number of hydrogen-bond donors (Lipinski definition) is 4. The molecule has 0 saturated heterocycles. The Labute approximate surface area is 169 Å². The summed E-state index contributed by atoms with van der Waals surface area (Å²) in [5, 5.41) is 10.5. The number of amidine groups is 1. The zero-order chi connectivity index (χ0) is 20.6. The van der Waals surface area contributed by atoms with E-state index < -0.39 is 10.0 Å². The van der Waals surface area contributed by atoms with Gasteiger partial charge in [0.1, 0.15) is 12.7 Å². The summed E-state index contributed by atoms with van der Waals surface area (Å²) >= 11 is 0. The summed E-state index contributed by atoms with van der Waals surface area (Å²) in [6.07, 6.45) is 4.00. The van der Waals surface area contributed by atoms with E-state index >= 15 is 0 Å². The van der Waals surface area contributed by atoms with E-state index in [0.29, 0.717) is 18.9 Å². The lowest BCUT2D eigenvalue weighted by Gasteiger charge is -2.29. The summed E-state index contributed by atoms with van der Waals surface area (Å²) in [6.45, 7) is 6.55. The molecule has 2 aromatic rings. The van der Waals surface area contributed by atoms with Gasteiger partial charge in [-0.1, -0.05) is 13.0 Å². The fourth-order valence-corrected chi connectivity index (χ4v) is 4.45. The quantitative estimate of drug-likeness (QED) is 0.562. The Hall–Kier alpha value is -2.95. The maximum absolute atomic E-state index is 12.4. The first-order chi connectivity index (χ1) is 13.9. The summed E-state index contributed by atoms with van der Waals surface area (Å²) < 4.78 is 27.3. The largest absolute Gasteiger partial charge is 0.329 e. The maximum Gasteiger partial charge on any atom is 0.240 e. The topological polar surface area (TPSA) is 107 Å². The van der Waals surface area contributed by atoms with E-state index in [1.165, 1.54) is 0 Å². The van der Waals surface area contributed by atoms with Gasteiger partial charge in [-0.15, -0.1) is 0 Å². The van der Waals surface area contributed by atoms with Gasteiger partial charge in [0.15, 0.2) is 5.82 Å². The number of nitrogens with zero attached hydrogens (tertiary/aromatic N) is 3.